The SMILES string of the molecule is Cc1ccccc1C(=O)Nc1ccccc1C(=O)N/N=C\c1ccccc1OCc1ccccc1[N+](=O)[O-]. The van der Waals surface area contributed by atoms with Crippen molar-refractivity contribution in [2.45, 2.75) is 13.5 Å². The molecule has 9 heteroatoms. The number of anilines is 1. The molecule has 0 aliphatic carbocycles. The van der Waals surface area contributed by atoms with Crippen molar-refractivity contribution >= 4 is 29.4 Å². The molecule has 4 rings (SSSR count). The van der Waals surface area contributed by atoms with E-state index < -0.39 is 10.8 Å². The number of nitrogens with one attached hydrogen (secondary N) is 2. The summed E-state index contributed by atoms with van der Waals surface area (Å²) in [4.78, 5) is 36.4. The normalized spacial score (nSPS) is 10.7. The molecule has 0 radical (unpaired) electrons. The van der Waals surface area contributed by atoms with Gasteiger partial charge in [-0.3, -0.25) is 19.7 Å². The molecule has 4 aromatic rings. The molecule has 190 valence electrons. The van der Waals surface area contributed by atoms with Crippen LogP contribution in [0.3, 0.4) is 0 Å². The number of ether oxygens (including phenoxy) is 1. The van der Waals surface area contributed by atoms with Crippen LogP contribution in [0.25, 0.3) is 0 Å². The highest BCUT2D eigenvalue weighted by atomic mass is 16.6. The number of aryl methyl sites for hydroxylation is 1. The first kappa shape index (κ1) is 25.8. The number of nitrogens with zero attached hydrogens (tertiary/aromatic N) is 2. The number of hydrogen-bond donors (Lipinski definition) is 2. The zero-order chi connectivity index (χ0) is 26.9. The molecule has 0 bridgehead atoms. The molecule has 2 N–H and O–H groups in total. The van der Waals surface area contributed by atoms with Crippen molar-refractivity contribution in [3.05, 3.63) is 135 Å². The van der Waals surface area contributed by atoms with Crippen molar-refractivity contribution in [3.63, 3.8) is 0 Å². The summed E-state index contributed by atoms with van der Waals surface area (Å²) in [6, 6.07) is 27.1. The van der Waals surface area contributed by atoms with Crippen molar-refractivity contribution in [3.8, 4) is 5.75 Å². The van der Waals surface area contributed by atoms with E-state index in [4.69, 9.17) is 4.74 Å². The van der Waals surface area contributed by atoms with Gasteiger partial charge in [-0.25, -0.2) is 5.43 Å². The summed E-state index contributed by atoms with van der Waals surface area (Å²) in [5, 5.41) is 18.1. The molecule has 0 aliphatic rings. The lowest BCUT2D eigenvalue weighted by molar-refractivity contribution is -0.385. The summed E-state index contributed by atoms with van der Waals surface area (Å²) in [6.45, 7) is 1.83. The Hall–Kier alpha value is -5.31. The predicted octanol–water partition coefficient (Wildman–Crippen LogP) is 5.50. The Bertz CT molecular complexity index is 1520. The molecule has 0 saturated carbocycles. The second-order valence-electron chi connectivity index (χ2n) is 8.23. The van der Waals surface area contributed by atoms with Gasteiger partial charge in [-0.05, 0) is 48.9 Å². The highest BCUT2D eigenvalue weighted by molar-refractivity contribution is 6.09. The highest BCUT2D eigenvalue weighted by Gasteiger charge is 2.15. The van der Waals surface area contributed by atoms with Crippen LogP contribution in [-0.2, 0) is 6.61 Å². The van der Waals surface area contributed by atoms with Crippen LogP contribution in [0.15, 0.2) is 102 Å². The van der Waals surface area contributed by atoms with Gasteiger partial charge in [-0.1, -0.05) is 54.6 Å². The highest BCUT2D eigenvalue weighted by Crippen LogP contribution is 2.22. The Morgan fingerprint density at radius 3 is 2.32 bits per heavy atom. The van der Waals surface area contributed by atoms with E-state index in [-0.39, 0.29) is 23.8 Å². The average molecular weight is 509 g/mol. The number of amides is 2. The van der Waals surface area contributed by atoms with Gasteiger partial charge in [0.05, 0.1) is 28.0 Å². The molecule has 0 heterocycles. The van der Waals surface area contributed by atoms with Gasteiger partial charge in [0.25, 0.3) is 17.5 Å². The van der Waals surface area contributed by atoms with Gasteiger partial charge in [0.2, 0.25) is 0 Å². The van der Waals surface area contributed by atoms with Gasteiger partial charge in [0.1, 0.15) is 12.4 Å². The number of para-hydroxylation sites is 3. The molecule has 9 nitrogen and oxygen atoms in total. The second kappa shape index (κ2) is 12.1. The number of rotatable bonds is 9. The van der Waals surface area contributed by atoms with Crippen LogP contribution in [-0.4, -0.2) is 23.0 Å². The van der Waals surface area contributed by atoms with Crippen molar-refractivity contribution < 1.29 is 19.2 Å². The lowest BCUT2D eigenvalue weighted by Crippen LogP contribution is -2.21. The summed E-state index contributed by atoms with van der Waals surface area (Å²) >= 11 is 0. The first-order valence-corrected chi connectivity index (χ1v) is 11.7. The van der Waals surface area contributed by atoms with Gasteiger partial charge in [-0.15, -0.1) is 0 Å². The molecule has 2 amide bonds. The molecule has 38 heavy (non-hydrogen) atoms. The third kappa shape index (κ3) is 6.27. The van der Waals surface area contributed by atoms with Crippen LogP contribution in [0.5, 0.6) is 5.75 Å². The second-order valence-corrected chi connectivity index (χ2v) is 8.23. The minimum Gasteiger partial charge on any atom is -0.488 e. The topological polar surface area (TPSA) is 123 Å². The van der Waals surface area contributed by atoms with Gasteiger partial charge in [0.15, 0.2) is 0 Å². The maximum atomic E-state index is 12.9. The van der Waals surface area contributed by atoms with E-state index in [0.29, 0.717) is 28.1 Å². The number of nitro groups is 1. The molecular formula is C29H24N4O5. The van der Waals surface area contributed by atoms with Crippen molar-refractivity contribution in [2.75, 3.05) is 5.32 Å². The van der Waals surface area contributed by atoms with E-state index in [0.717, 1.165) is 5.56 Å². The first-order valence-electron chi connectivity index (χ1n) is 11.7. The molecule has 0 aliphatic heterocycles. The molecule has 0 spiro atoms. The van der Waals surface area contributed by atoms with Gasteiger partial charge >= 0.3 is 0 Å². The molecule has 0 unspecified atom stereocenters. The van der Waals surface area contributed by atoms with E-state index in [2.05, 4.69) is 15.8 Å². The zero-order valence-electron chi connectivity index (χ0n) is 20.5. The molecule has 0 fully saturated rings. The van der Waals surface area contributed by atoms with Crippen LogP contribution in [0.1, 0.15) is 37.4 Å². The molecule has 0 saturated heterocycles. The average Bonchev–Trinajstić information content (AvgIpc) is 2.93. The largest absolute Gasteiger partial charge is 0.488 e. The third-order valence-corrected chi connectivity index (χ3v) is 5.67. The van der Waals surface area contributed by atoms with E-state index in [1.165, 1.54) is 12.3 Å². The fourth-order valence-electron chi connectivity index (χ4n) is 3.71. The Morgan fingerprint density at radius 2 is 1.53 bits per heavy atom. The smallest absolute Gasteiger partial charge is 0.276 e. The Morgan fingerprint density at radius 1 is 0.868 bits per heavy atom. The summed E-state index contributed by atoms with van der Waals surface area (Å²) in [7, 11) is 0. The minimum atomic E-state index is -0.514. The lowest BCUT2D eigenvalue weighted by Gasteiger charge is -2.11. The number of benzene rings is 4. The molecule has 0 aromatic heterocycles. The summed E-state index contributed by atoms with van der Waals surface area (Å²) in [6.07, 6.45) is 1.42. The number of hydrazone groups is 1. The van der Waals surface area contributed by atoms with Crippen LogP contribution in [0.2, 0.25) is 0 Å². The van der Waals surface area contributed by atoms with Crippen molar-refractivity contribution in [2.24, 2.45) is 5.10 Å². The number of carbonyl (C=O) groups is 2. The maximum Gasteiger partial charge on any atom is 0.276 e. The summed E-state index contributed by atoms with van der Waals surface area (Å²) in [5.41, 5.74) is 5.36. The van der Waals surface area contributed by atoms with Crippen molar-refractivity contribution in [1.29, 1.82) is 0 Å². The third-order valence-electron chi connectivity index (χ3n) is 5.67. The monoisotopic (exact) mass is 508 g/mol. The van der Waals surface area contributed by atoms with E-state index in [1.807, 2.05) is 19.1 Å². The maximum absolute atomic E-state index is 12.9. The Kier molecular flexibility index (Phi) is 8.20. The number of nitro benzene ring substituents is 1. The fourth-order valence-corrected chi connectivity index (χ4v) is 3.71. The minimum absolute atomic E-state index is 0.0116. The lowest BCUT2D eigenvalue weighted by atomic mass is 10.1. The van der Waals surface area contributed by atoms with Crippen LogP contribution in [0.4, 0.5) is 11.4 Å². The number of hydrogen-bond acceptors (Lipinski definition) is 6. The van der Waals surface area contributed by atoms with Crippen molar-refractivity contribution in [1.82, 2.24) is 5.43 Å². The molecule has 0 atom stereocenters. The van der Waals surface area contributed by atoms with E-state index >= 15 is 0 Å². The first-order chi connectivity index (χ1) is 18.4. The predicted molar refractivity (Wildman–Crippen MR) is 145 cm³/mol. The Labute approximate surface area is 218 Å². The van der Waals surface area contributed by atoms with Gasteiger partial charge in [-0.2, -0.15) is 5.10 Å². The summed E-state index contributed by atoms with van der Waals surface area (Å²) in [5.74, 6) is -0.397. The van der Waals surface area contributed by atoms with Gasteiger partial charge < -0.3 is 10.1 Å². The van der Waals surface area contributed by atoms with Crippen LogP contribution >= 0.6 is 0 Å². The zero-order valence-corrected chi connectivity index (χ0v) is 20.5. The van der Waals surface area contributed by atoms with E-state index in [1.54, 1.807) is 78.9 Å². The number of carbonyl (C=O) groups excluding carboxylic acids is 2. The van der Waals surface area contributed by atoms with Gasteiger partial charge in [0, 0.05) is 17.2 Å². The van der Waals surface area contributed by atoms with Crippen LogP contribution in [0, 0.1) is 17.0 Å². The summed E-state index contributed by atoms with van der Waals surface area (Å²) < 4.78 is 5.81. The molecule has 4 aromatic carbocycles. The fraction of sp³-hybridized carbons (Fsp3) is 0.0690. The van der Waals surface area contributed by atoms with E-state index in [9.17, 15) is 19.7 Å². The quantitative estimate of drug-likeness (QED) is 0.176. The standard InChI is InChI=1S/C29H24N4O5/c1-20-10-2-5-13-23(20)28(34)31-25-15-7-6-14-24(25)29(35)32-30-18-21-11-4-9-17-27(21)38-19-22-12-3-8-16-26(22)33(36)37/h2-18H,19H2,1H3,(H,31,34)(H,32,35)/b30-18-. The molecular weight excluding hydrogens is 484 g/mol. The van der Waals surface area contributed by atoms with Crippen LogP contribution < -0.4 is 15.5 Å². The Balaban J connectivity index is 1.44.